The third-order valence-corrected chi connectivity index (χ3v) is 3.07. The Morgan fingerprint density at radius 3 is 2.81 bits per heavy atom. The SMILES string of the molecule is Cc1cc(C(=O)NCCCCI)ccc1O. The van der Waals surface area contributed by atoms with Crippen molar-refractivity contribution in [3.63, 3.8) is 0 Å². The Morgan fingerprint density at radius 1 is 1.44 bits per heavy atom. The molecule has 16 heavy (non-hydrogen) atoms. The fraction of sp³-hybridized carbons (Fsp3) is 0.417. The number of carbonyl (C=O) groups excluding carboxylic acids is 1. The first-order valence-corrected chi connectivity index (χ1v) is 6.81. The van der Waals surface area contributed by atoms with Crippen LogP contribution < -0.4 is 5.32 Å². The number of hydrogen-bond acceptors (Lipinski definition) is 2. The third-order valence-electron chi connectivity index (χ3n) is 2.30. The molecule has 88 valence electrons. The number of benzene rings is 1. The standard InChI is InChI=1S/C12H16INO2/c1-9-8-10(4-5-11(9)15)12(16)14-7-3-2-6-13/h4-5,8,15H,2-3,6-7H2,1H3,(H,14,16). The summed E-state index contributed by atoms with van der Waals surface area (Å²) in [5, 5.41) is 12.2. The highest BCUT2D eigenvalue weighted by atomic mass is 127. The molecule has 0 saturated carbocycles. The van der Waals surface area contributed by atoms with Gasteiger partial charge in [0.1, 0.15) is 5.75 Å². The third kappa shape index (κ3) is 4.00. The Labute approximate surface area is 109 Å². The van der Waals surface area contributed by atoms with E-state index < -0.39 is 0 Å². The summed E-state index contributed by atoms with van der Waals surface area (Å²) in [5.41, 5.74) is 1.32. The lowest BCUT2D eigenvalue weighted by atomic mass is 10.1. The summed E-state index contributed by atoms with van der Waals surface area (Å²) in [6.45, 7) is 2.49. The maximum Gasteiger partial charge on any atom is 0.251 e. The van der Waals surface area contributed by atoms with Gasteiger partial charge in [0.05, 0.1) is 0 Å². The molecule has 1 amide bonds. The largest absolute Gasteiger partial charge is 0.508 e. The van der Waals surface area contributed by atoms with Crippen molar-refractivity contribution in [2.45, 2.75) is 19.8 Å². The molecule has 2 N–H and O–H groups in total. The molecular weight excluding hydrogens is 317 g/mol. The molecule has 0 bridgehead atoms. The van der Waals surface area contributed by atoms with Crippen LogP contribution in [0, 0.1) is 6.92 Å². The predicted octanol–water partition coefficient (Wildman–Crippen LogP) is 2.65. The Hall–Kier alpha value is -0.780. The molecule has 0 aliphatic rings. The highest BCUT2D eigenvalue weighted by Gasteiger charge is 2.06. The fourth-order valence-electron chi connectivity index (χ4n) is 1.32. The number of carbonyl (C=O) groups is 1. The van der Waals surface area contributed by atoms with E-state index in [0.717, 1.165) is 22.8 Å². The van der Waals surface area contributed by atoms with Crippen LogP contribution in [-0.2, 0) is 0 Å². The number of halogens is 1. The first-order chi connectivity index (χ1) is 7.65. The second kappa shape index (κ2) is 6.73. The lowest BCUT2D eigenvalue weighted by Crippen LogP contribution is -2.24. The van der Waals surface area contributed by atoms with Crippen molar-refractivity contribution in [3.8, 4) is 5.75 Å². The summed E-state index contributed by atoms with van der Waals surface area (Å²) in [6.07, 6.45) is 2.13. The zero-order chi connectivity index (χ0) is 12.0. The Balaban J connectivity index is 2.50. The van der Waals surface area contributed by atoms with Crippen molar-refractivity contribution in [1.29, 1.82) is 0 Å². The van der Waals surface area contributed by atoms with E-state index in [1.807, 2.05) is 0 Å². The van der Waals surface area contributed by atoms with Gasteiger partial charge in [-0.25, -0.2) is 0 Å². The second-order valence-corrected chi connectivity index (χ2v) is 4.73. The highest BCUT2D eigenvalue weighted by molar-refractivity contribution is 14.1. The molecule has 0 aliphatic heterocycles. The molecule has 0 saturated heterocycles. The van der Waals surface area contributed by atoms with Crippen LogP contribution in [0.5, 0.6) is 5.75 Å². The first-order valence-electron chi connectivity index (χ1n) is 5.29. The molecule has 0 fully saturated rings. The van der Waals surface area contributed by atoms with E-state index in [4.69, 9.17) is 0 Å². The quantitative estimate of drug-likeness (QED) is 0.494. The lowest BCUT2D eigenvalue weighted by molar-refractivity contribution is 0.0953. The van der Waals surface area contributed by atoms with Crippen LogP contribution in [0.1, 0.15) is 28.8 Å². The van der Waals surface area contributed by atoms with Crippen molar-refractivity contribution in [3.05, 3.63) is 29.3 Å². The maximum absolute atomic E-state index is 11.7. The molecular formula is C12H16INO2. The number of amides is 1. The number of hydrogen-bond donors (Lipinski definition) is 2. The van der Waals surface area contributed by atoms with Gasteiger partial charge in [-0.1, -0.05) is 22.6 Å². The van der Waals surface area contributed by atoms with E-state index in [9.17, 15) is 9.90 Å². The van der Waals surface area contributed by atoms with Gasteiger partial charge in [0.2, 0.25) is 0 Å². The van der Waals surface area contributed by atoms with Crippen molar-refractivity contribution in [2.75, 3.05) is 11.0 Å². The van der Waals surface area contributed by atoms with Gasteiger partial charge in [0.15, 0.2) is 0 Å². The van der Waals surface area contributed by atoms with Gasteiger partial charge in [0, 0.05) is 12.1 Å². The van der Waals surface area contributed by atoms with Gasteiger partial charge in [-0.3, -0.25) is 4.79 Å². The van der Waals surface area contributed by atoms with Gasteiger partial charge in [-0.2, -0.15) is 0 Å². The van der Waals surface area contributed by atoms with E-state index >= 15 is 0 Å². The number of alkyl halides is 1. The van der Waals surface area contributed by atoms with Crippen LogP contribution in [0.3, 0.4) is 0 Å². The summed E-state index contributed by atoms with van der Waals surface area (Å²) in [5.74, 6) is 0.151. The number of rotatable bonds is 5. The summed E-state index contributed by atoms with van der Waals surface area (Å²) < 4.78 is 1.12. The number of aromatic hydroxyl groups is 1. The van der Waals surface area contributed by atoms with Gasteiger partial charge < -0.3 is 10.4 Å². The molecule has 0 aliphatic carbocycles. The van der Waals surface area contributed by atoms with Gasteiger partial charge in [-0.15, -0.1) is 0 Å². The number of phenolic OH excluding ortho intramolecular Hbond substituents is 1. The minimum atomic E-state index is -0.0726. The van der Waals surface area contributed by atoms with Crippen molar-refractivity contribution in [1.82, 2.24) is 5.32 Å². The number of aryl methyl sites for hydroxylation is 1. The molecule has 0 atom stereocenters. The maximum atomic E-state index is 11.7. The first kappa shape index (κ1) is 13.3. The molecule has 1 rings (SSSR count). The molecule has 0 radical (unpaired) electrons. The summed E-state index contributed by atoms with van der Waals surface area (Å²) in [6, 6.07) is 4.88. The van der Waals surface area contributed by atoms with Gasteiger partial charge in [-0.05, 0) is 48.0 Å². The average molecular weight is 333 g/mol. The van der Waals surface area contributed by atoms with E-state index in [1.54, 1.807) is 25.1 Å². The molecule has 4 heteroatoms. The van der Waals surface area contributed by atoms with Crippen LogP contribution in [0.2, 0.25) is 0 Å². The van der Waals surface area contributed by atoms with E-state index in [0.29, 0.717) is 12.1 Å². The van der Waals surface area contributed by atoms with Gasteiger partial charge in [0.25, 0.3) is 5.91 Å². The minimum Gasteiger partial charge on any atom is -0.508 e. The monoisotopic (exact) mass is 333 g/mol. The summed E-state index contributed by atoms with van der Waals surface area (Å²) in [7, 11) is 0. The molecule has 0 heterocycles. The molecule has 0 unspecified atom stereocenters. The van der Waals surface area contributed by atoms with Crippen molar-refractivity contribution in [2.24, 2.45) is 0 Å². The van der Waals surface area contributed by atoms with E-state index in [-0.39, 0.29) is 11.7 Å². The average Bonchev–Trinajstić information content (AvgIpc) is 2.28. The van der Waals surface area contributed by atoms with E-state index in [1.165, 1.54) is 0 Å². The van der Waals surface area contributed by atoms with Crippen LogP contribution in [-0.4, -0.2) is 22.0 Å². The fourth-order valence-corrected chi connectivity index (χ4v) is 1.86. The van der Waals surface area contributed by atoms with E-state index in [2.05, 4.69) is 27.9 Å². The Bertz CT molecular complexity index is 366. The molecule has 1 aromatic rings. The predicted molar refractivity (Wildman–Crippen MR) is 73.3 cm³/mol. The number of unbranched alkanes of at least 4 members (excludes halogenated alkanes) is 1. The Kier molecular flexibility index (Phi) is 5.59. The minimum absolute atomic E-state index is 0.0726. The molecule has 0 spiro atoms. The van der Waals surface area contributed by atoms with Gasteiger partial charge >= 0.3 is 0 Å². The summed E-state index contributed by atoms with van der Waals surface area (Å²) >= 11 is 2.32. The van der Waals surface area contributed by atoms with Crippen LogP contribution >= 0.6 is 22.6 Å². The highest BCUT2D eigenvalue weighted by Crippen LogP contribution is 2.16. The van der Waals surface area contributed by atoms with Crippen LogP contribution in [0.15, 0.2) is 18.2 Å². The van der Waals surface area contributed by atoms with Crippen molar-refractivity contribution >= 4 is 28.5 Å². The smallest absolute Gasteiger partial charge is 0.251 e. The van der Waals surface area contributed by atoms with Crippen LogP contribution in [0.25, 0.3) is 0 Å². The zero-order valence-electron chi connectivity index (χ0n) is 9.29. The topological polar surface area (TPSA) is 49.3 Å². The Morgan fingerprint density at radius 2 is 2.19 bits per heavy atom. The molecule has 1 aromatic carbocycles. The van der Waals surface area contributed by atoms with Crippen molar-refractivity contribution < 1.29 is 9.90 Å². The van der Waals surface area contributed by atoms with Crippen LogP contribution in [0.4, 0.5) is 0 Å². The summed E-state index contributed by atoms with van der Waals surface area (Å²) in [4.78, 5) is 11.7. The molecule has 0 aromatic heterocycles. The number of nitrogens with one attached hydrogen (secondary N) is 1. The number of phenols is 1. The zero-order valence-corrected chi connectivity index (χ0v) is 11.5. The second-order valence-electron chi connectivity index (χ2n) is 3.65. The molecule has 3 nitrogen and oxygen atoms in total. The normalized spacial score (nSPS) is 10.1. The lowest BCUT2D eigenvalue weighted by Gasteiger charge is -2.06.